The van der Waals surface area contributed by atoms with Crippen molar-refractivity contribution in [3.8, 4) is 5.95 Å². The lowest BCUT2D eigenvalue weighted by Crippen LogP contribution is -2.26. The molecule has 1 aromatic carbocycles. The van der Waals surface area contributed by atoms with E-state index >= 15 is 0 Å². The van der Waals surface area contributed by atoms with Crippen molar-refractivity contribution in [3.05, 3.63) is 63.0 Å². The van der Waals surface area contributed by atoms with Gasteiger partial charge in [-0.25, -0.2) is 15.0 Å². The molecule has 2 heterocycles. The summed E-state index contributed by atoms with van der Waals surface area (Å²) in [4.78, 5) is 24.3. The SMILES string of the molecule is O=C(NCc1nc(I)nn1-c1ncccn1)c1cc(C(F)(F)F)cc(C(F)(F)F)c1. The van der Waals surface area contributed by atoms with Crippen LogP contribution >= 0.6 is 22.6 Å². The molecule has 1 amide bonds. The molecule has 7 nitrogen and oxygen atoms in total. The molecule has 0 radical (unpaired) electrons. The Balaban J connectivity index is 1.87. The van der Waals surface area contributed by atoms with Crippen LogP contribution in [0.1, 0.15) is 27.3 Å². The van der Waals surface area contributed by atoms with Crippen molar-refractivity contribution in [1.29, 1.82) is 0 Å². The highest BCUT2D eigenvalue weighted by atomic mass is 127. The molecule has 1 N–H and O–H groups in total. The van der Waals surface area contributed by atoms with Crippen LogP contribution in [0.5, 0.6) is 0 Å². The number of benzene rings is 1. The Hall–Kier alpha value is -2.78. The predicted molar refractivity (Wildman–Crippen MR) is 97.3 cm³/mol. The zero-order valence-electron chi connectivity index (χ0n) is 14.5. The third-order valence-corrected chi connectivity index (χ3v) is 4.10. The van der Waals surface area contributed by atoms with E-state index in [1.807, 2.05) is 0 Å². The molecule has 0 saturated carbocycles. The second-order valence-corrected chi connectivity index (χ2v) is 6.70. The monoisotopic (exact) mass is 542 g/mol. The summed E-state index contributed by atoms with van der Waals surface area (Å²) in [5.74, 6) is -0.900. The van der Waals surface area contributed by atoms with Gasteiger partial charge in [0.1, 0.15) is 0 Å². The minimum atomic E-state index is -5.06. The van der Waals surface area contributed by atoms with Crippen LogP contribution in [0.4, 0.5) is 26.3 Å². The van der Waals surface area contributed by atoms with E-state index in [1.165, 1.54) is 17.1 Å². The van der Waals surface area contributed by atoms with Gasteiger partial charge in [0.05, 0.1) is 17.7 Å². The molecule has 0 atom stereocenters. The Kier molecular flexibility index (Phi) is 5.96. The number of nitrogens with zero attached hydrogens (tertiary/aromatic N) is 5. The summed E-state index contributed by atoms with van der Waals surface area (Å²) in [6, 6.07) is 2.19. The first-order chi connectivity index (χ1) is 13.9. The Bertz CT molecular complexity index is 1030. The number of hydrogen-bond donors (Lipinski definition) is 1. The molecule has 14 heteroatoms. The molecule has 0 aliphatic rings. The topological polar surface area (TPSA) is 85.6 Å². The van der Waals surface area contributed by atoms with Gasteiger partial charge in [0.25, 0.3) is 11.9 Å². The molecule has 0 bridgehead atoms. The number of carbonyl (C=O) groups is 1. The van der Waals surface area contributed by atoms with Gasteiger partial charge in [-0.15, -0.1) is 5.10 Å². The molecule has 3 rings (SSSR count). The number of alkyl halides is 6. The second kappa shape index (κ2) is 8.16. The van der Waals surface area contributed by atoms with Crippen LogP contribution in [-0.2, 0) is 18.9 Å². The Morgan fingerprint density at radius 2 is 1.57 bits per heavy atom. The molecule has 158 valence electrons. The average Bonchev–Trinajstić information content (AvgIpc) is 3.05. The lowest BCUT2D eigenvalue weighted by Gasteiger charge is -2.14. The van der Waals surface area contributed by atoms with E-state index in [0.29, 0.717) is 12.1 Å². The number of halogens is 7. The summed E-state index contributed by atoms with van der Waals surface area (Å²) < 4.78 is 79.2. The average molecular weight is 542 g/mol. The quantitative estimate of drug-likeness (QED) is 0.403. The first kappa shape index (κ1) is 21.9. The molecule has 30 heavy (non-hydrogen) atoms. The summed E-state index contributed by atoms with van der Waals surface area (Å²) in [5, 5.41) is 6.28. The predicted octanol–water partition coefficient (Wildman–Crippen LogP) is 3.63. The molecule has 0 unspecified atom stereocenters. The molecule has 0 fully saturated rings. The Labute approximate surface area is 177 Å². The van der Waals surface area contributed by atoms with Crippen LogP contribution < -0.4 is 5.32 Å². The van der Waals surface area contributed by atoms with E-state index < -0.39 is 35.0 Å². The van der Waals surface area contributed by atoms with Gasteiger partial charge < -0.3 is 5.32 Å². The number of carbonyl (C=O) groups excluding carboxylic acids is 1. The third kappa shape index (κ3) is 5.03. The minimum absolute atomic E-state index is 0.0531. The third-order valence-electron chi connectivity index (χ3n) is 3.65. The fraction of sp³-hybridized carbons (Fsp3) is 0.188. The van der Waals surface area contributed by atoms with Gasteiger partial charge in [-0.2, -0.15) is 31.0 Å². The molecule has 0 aliphatic heterocycles. The van der Waals surface area contributed by atoms with Crippen molar-refractivity contribution in [1.82, 2.24) is 30.0 Å². The molecule has 3 aromatic rings. The van der Waals surface area contributed by atoms with E-state index in [-0.39, 0.29) is 28.2 Å². The lowest BCUT2D eigenvalue weighted by molar-refractivity contribution is -0.143. The molecule has 2 aromatic heterocycles. The fourth-order valence-corrected chi connectivity index (χ4v) is 2.83. The maximum atomic E-state index is 13.0. The maximum absolute atomic E-state index is 13.0. The van der Waals surface area contributed by atoms with Crippen molar-refractivity contribution < 1.29 is 31.1 Å². The molecule has 0 aliphatic carbocycles. The zero-order valence-corrected chi connectivity index (χ0v) is 16.6. The minimum Gasteiger partial charge on any atom is -0.345 e. The van der Waals surface area contributed by atoms with Crippen molar-refractivity contribution >= 4 is 28.5 Å². The van der Waals surface area contributed by atoms with Crippen molar-refractivity contribution in [3.63, 3.8) is 0 Å². The van der Waals surface area contributed by atoms with Crippen molar-refractivity contribution in [2.75, 3.05) is 0 Å². The van der Waals surface area contributed by atoms with Gasteiger partial charge in [0.2, 0.25) is 3.83 Å². The van der Waals surface area contributed by atoms with Crippen molar-refractivity contribution in [2.24, 2.45) is 0 Å². The van der Waals surface area contributed by atoms with Crippen LogP contribution in [0.25, 0.3) is 5.95 Å². The molecule has 0 spiro atoms. The lowest BCUT2D eigenvalue weighted by atomic mass is 10.0. The van der Waals surface area contributed by atoms with Crippen LogP contribution in [0.15, 0.2) is 36.7 Å². The van der Waals surface area contributed by atoms with E-state index in [2.05, 4.69) is 25.4 Å². The fourth-order valence-electron chi connectivity index (χ4n) is 2.34. The van der Waals surface area contributed by atoms with E-state index in [9.17, 15) is 31.1 Å². The first-order valence-electron chi connectivity index (χ1n) is 7.91. The summed E-state index contributed by atoms with van der Waals surface area (Å²) in [6.45, 7) is -0.343. The maximum Gasteiger partial charge on any atom is 0.416 e. The van der Waals surface area contributed by atoms with E-state index in [4.69, 9.17) is 0 Å². The van der Waals surface area contributed by atoms with Crippen LogP contribution in [0.2, 0.25) is 0 Å². The van der Waals surface area contributed by atoms with E-state index in [1.54, 1.807) is 28.7 Å². The highest BCUT2D eigenvalue weighted by molar-refractivity contribution is 14.1. The second-order valence-electron chi connectivity index (χ2n) is 5.73. The first-order valence-corrected chi connectivity index (χ1v) is 8.99. The highest BCUT2D eigenvalue weighted by Crippen LogP contribution is 2.36. The number of amides is 1. The molecular weight excluding hydrogens is 533 g/mol. The van der Waals surface area contributed by atoms with Crippen LogP contribution in [-0.4, -0.2) is 30.6 Å². The van der Waals surface area contributed by atoms with Crippen molar-refractivity contribution in [2.45, 2.75) is 18.9 Å². The van der Waals surface area contributed by atoms with Gasteiger partial charge in [0, 0.05) is 40.5 Å². The Morgan fingerprint density at radius 1 is 1.00 bits per heavy atom. The largest absolute Gasteiger partial charge is 0.416 e. The van der Waals surface area contributed by atoms with E-state index in [0.717, 1.165) is 0 Å². The summed E-state index contributed by atoms with van der Waals surface area (Å²) in [6.07, 6.45) is -7.25. The van der Waals surface area contributed by atoms with Gasteiger partial charge in [-0.05, 0) is 24.3 Å². The van der Waals surface area contributed by atoms with Gasteiger partial charge in [-0.3, -0.25) is 4.79 Å². The summed E-state index contributed by atoms with van der Waals surface area (Å²) in [7, 11) is 0. The Morgan fingerprint density at radius 3 is 2.10 bits per heavy atom. The smallest absolute Gasteiger partial charge is 0.345 e. The highest BCUT2D eigenvalue weighted by Gasteiger charge is 2.37. The number of aromatic nitrogens is 5. The normalized spacial score (nSPS) is 12.1. The van der Waals surface area contributed by atoms with Crippen LogP contribution in [0, 0.1) is 3.83 Å². The van der Waals surface area contributed by atoms with Gasteiger partial charge in [-0.1, -0.05) is 0 Å². The molecule has 0 saturated heterocycles. The number of rotatable bonds is 4. The van der Waals surface area contributed by atoms with Gasteiger partial charge in [0.15, 0.2) is 5.82 Å². The van der Waals surface area contributed by atoms with Gasteiger partial charge >= 0.3 is 12.4 Å². The van der Waals surface area contributed by atoms with Crippen LogP contribution in [0.3, 0.4) is 0 Å². The standard InChI is InChI=1S/C16H9F6IN6O/c17-15(18,19)9-4-8(5-10(6-9)16(20,21)22)12(30)26-7-11-27-13(23)28-29(11)14-24-2-1-3-25-14/h1-6H,7H2,(H,26,30). The molecular formula is C16H9F6IN6O. The zero-order chi connectivity index (χ0) is 22.1. The number of hydrogen-bond acceptors (Lipinski definition) is 5. The number of nitrogens with one attached hydrogen (secondary N) is 1. The summed E-state index contributed by atoms with van der Waals surface area (Å²) in [5.41, 5.74) is -3.97. The summed E-state index contributed by atoms with van der Waals surface area (Å²) >= 11 is 1.79.